The second-order valence-corrected chi connectivity index (χ2v) is 6.60. The summed E-state index contributed by atoms with van der Waals surface area (Å²) in [5.41, 5.74) is 6.42. The molecular weight excluding hydrogens is 240 g/mol. The standard InChI is InChI=1S/C15H26N2O2/c1-9(2)7-11-13(15(11,5)6)14(19)17(10(3)4)8-12(16)18/h7,10-11,13H,8H2,1-6H3,(H2,16,18). The minimum atomic E-state index is -0.459. The average Bonchev–Trinajstić information content (AvgIpc) is 2.74. The summed E-state index contributed by atoms with van der Waals surface area (Å²) >= 11 is 0. The van der Waals surface area contributed by atoms with Crippen molar-refractivity contribution in [2.24, 2.45) is 23.0 Å². The number of hydrogen-bond donors (Lipinski definition) is 1. The predicted molar refractivity (Wildman–Crippen MR) is 76.2 cm³/mol. The Labute approximate surface area is 116 Å². The molecule has 1 aliphatic rings. The number of allylic oxidation sites excluding steroid dienone is 2. The smallest absolute Gasteiger partial charge is 0.237 e. The van der Waals surface area contributed by atoms with Gasteiger partial charge in [-0.05, 0) is 39.0 Å². The van der Waals surface area contributed by atoms with Gasteiger partial charge in [0.1, 0.15) is 0 Å². The molecule has 108 valence electrons. The molecule has 4 nitrogen and oxygen atoms in total. The molecule has 19 heavy (non-hydrogen) atoms. The second-order valence-electron chi connectivity index (χ2n) is 6.60. The Morgan fingerprint density at radius 1 is 1.32 bits per heavy atom. The summed E-state index contributed by atoms with van der Waals surface area (Å²) in [7, 11) is 0. The van der Waals surface area contributed by atoms with Crippen LogP contribution in [0.2, 0.25) is 0 Å². The van der Waals surface area contributed by atoms with E-state index in [4.69, 9.17) is 5.73 Å². The molecule has 1 aliphatic carbocycles. The number of hydrogen-bond acceptors (Lipinski definition) is 2. The van der Waals surface area contributed by atoms with Crippen LogP contribution in [0.25, 0.3) is 0 Å². The maximum Gasteiger partial charge on any atom is 0.237 e. The SMILES string of the molecule is CC(C)=CC1C(C(=O)N(CC(N)=O)C(C)C)C1(C)C. The van der Waals surface area contributed by atoms with Gasteiger partial charge in [0.25, 0.3) is 0 Å². The Bertz CT molecular complexity index is 406. The van der Waals surface area contributed by atoms with Gasteiger partial charge in [-0.2, -0.15) is 0 Å². The molecule has 0 aliphatic heterocycles. The van der Waals surface area contributed by atoms with Gasteiger partial charge >= 0.3 is 0 Å². The molecule has 0 aromatic rings. The normalized spacial score (nSPS) is 23.9. The van der Waals surface area contributed by atoms with Gasteiger partial charge in [0, 0.05) is 6.04 Å². The third-order valence-corrected chi connectivity index (χ3v) is 3.92. The van der Waals surface area contributed by atoms with Crippen molar-refractivity contribution >= 4 is 11.8 Å². The van der Waals surface area contributed by atoms with E-state index in [9.17, 15) is 9.59 Å². The van der Waals surface area contributed by atoms with Crippen molar-refractivity contribution in [2.45, 2.75) is 47.6 Å². The topological polar surface area (TPSA) is 63.4 Å². The van der Waals surface area contributed by atoms with Crippen molar-refractivity contribution in [3.63, 3.8) is 0 Å². The lowest BCUT2D eigenvalue weighted by molar-refractivity contribution is -0.138. The van der Waals surface area contributed by atoms with E-state index < -0.39 is 5.91 Å². The predicted octanol–water partition coefficient (Wildman–Crippen LogP) is 1.95. The van der Waals surface area contributed by atoms with Crippen LogP contribution in [0, 0.1) is 17.3 Å². The monoisotopic (exact) mass is 266 g/mol. The molecule has 2 amide bonds. The fraction of sp³-hybridized carbons (Fsp3) is 0.733. The van der Waals surface area contributed by atoms with Gasteiger partial charge in [0.2, 0.25) is 11.8 Å². The van der Waals surface area contributed by atoms with E-state index in [-0.39, 0.29) is 35.7 Å². The largest absolute Gasteiger partial charge is 0.368 e. The van der Waals surface area contributed by atoms with E-state index in [0.29, 0.717) is 0 Å². The molecule has 1 rings (SSSR count). The Hall–Kier alpha value is -1.32. The number of amides is 2. The zero-order valence-corrected chi connectivity index (χ0v) is 12.9. The highest BCUT2D eigenvalue weighted by Crippen LogP contribution is 2.60. The Balaban J connectivity index is 2.88. The quantitative estimate of drug-likeness (QED) is 0.773. The lowest BCUT2D eigenvalue weighted by Crippen LogP contribution is -2.44. The summed E-state index contributed by atoms with van der Waals surface area (Å²) in [4.78, 5) is 25.3. The lowest BCUT2D eigenvalue weighted by Gasteiger charge is -2.26. The van der Waals surface area contributed by atoms with Crippen LogP contribution in [0.1, 0.15) is 41.5 Å². The molecule has 2 unspecified atom stereocenters. The highest BCUT2D eigenvalue weighted by atomic mass is 16.2. The van der Waals surface area contributed by atoms with Crippen LogP contribution in [0.5, 0.6) is 0 Å². The first kappa shape index (κ1) is 15.7. The maximum atomic E-state index is 12.6. The zero-order chi connectivity index (χ0) is 15.0. The first-order valence-corrected chi connectivity index (χ1v) is 6.82. The van der Waals surface area contributed by atoms with Crippen molar-refractivity contribution in [3.05, 3.63) is 11.6 Å². The van der Waals surface area contributed by atoms with Crippen LogP contribution in [0.3, 0.4) is 0 Å². The minimum absolute atomic E-state index is 0.00458. The van der Waals surface area contributed by atoms with Crippen molar-refractivity contribution < 1.29 is 9.59 Å². The number of primary amides is 1. The van der Waals surface area contributed by atoms with Crippen LogP contribution in [-0.2, 0) is 9.59 Å². The molecule has 2 atom stereocenters. The molecule has 4 heteroatoms. The molecule has 2 N–H and O–H groups in total. The summed E-state index contributed by atoms with van der Waals surface area (Å²) in [6.45, 7) is 12.1. The first-order valence-electron chi connectivity index (χ1n) is 6.82. The average molecular weight is 266 g/mol. The Morgan fingerprint density at radius 3 is 2.21 bits per heavy atom. The van der Waals surface area contributed by atoms with Gasteiger partial charge in [-0.1, -0.05) is 25.5 Å². The van der Waals surface area contributed by atoms with Gasteiger partial charge in [-0.25, -0.2) is 0 Å². The van der Waals surface area contributed by atoms with Crippen LogP contribution in [0.15, 0.2) is 11.6 Å². The van der Waals surface area contributed by atoms with E-state index in [0.717, 1.165) is 0 Å². The summed E-state index contributed by atoms with van der Waals surface area (Å²) < 4.78 is 0. The fourth-order valence-corrected chi connectivity index (χ4v) is 2.68. The molecule has 0 saturated heterocycles. The molecule has 0 radical (unpaired) electrons. The summed E-state index contributed by atoms with van der Waals surface area (Å²) in [5.74, 6) is -0.191. The highest BCUT2D eigenvalue weighted by molar-refractivity contribution is 5.88. The molecule has 0 bridgehead atoms. The first-order chi connectivity index (χ1) is 8.59. The molecule has 0 aromatic carbocycles. The Kier molecular flexibility index (Phi) is 4.43. The summed E-state index contributed by atoms with van der Waals surface area (Å²) in [6, 6.07) is -0.0104. The van der Waals surface area contributed by atoms with Crippen LogP contribution >= 0.6 is 0 Å². The number of rotatable bonds is 5. The molecule has 0 spiro atoms. The van der Waals surface area contributed by atoms with Crippen molar-refractivity contribution in [1.29, 1.82) is 0 Å². The molecule has 0 aromatic heterocycles. The van der Waals surface area contributed by atoms with Gasteiger partial charge in [0.15, 0.2) is 0 Å². The van der Waals surface area contributed by atoms with E-state index in [1.54, 1.807) is 4.90 Å². The molecule has 1 fully saturated rings. The van der Waals surface area contributed by atoms with Gasteiger partial charge in [0.05, 0.1) is 12.5 Å². The third-order valence-electron chi connectivity index (χ3n) is 3.92. The third kappa shape index (κ3) is 3.37. The number of carbonyl (C=O) groups is 2. The lowest BCUT2D eigenvalue weighted by atomic mass is 10.1. The number of carbonyl (C=O) groups excluding carboxylic acids is 2. The van der Waals surface area contributed by atoms with E-state index >= 15 is 0 Å². The van der Waals surface area contributed by atoms with Gasteiger partial charge < -0.3 is 10.6 Å². The van der Waals surface area contributed by atoms with E-state index in [1.165, 1.54) is 5.57 Å². The van der Waals surface area contributed by atoms with Crippen molar-refractivity contribution in [2.75, 3.05) is 6.54 Å². The molecular formula is C15H26N2O2. The van der Waals surface area contributed by atoms with Crippen molar-refractivity contribution in [1.82, 2.24) is 4.90 Å². The summed E-state index contributed by atoms with van der Waals surface area (Å²) in [5, 5.41) is 0. The van der Waals surface area contributed by atoms with Gasteiger partial charge in [-0.15, -0.1) is 0 Å². The van der Waals surface area contributed by atoms with Crippen LogP contribution < -0.4 is 5.73 Å². The summed E-state index contributed by atoms with van der Waals surface area (Å²) in [6.07, 6.45) is 2.16. The van der Waals surface area contributed by atoms with Crippen molar-refractivity contribution in [3.8, 4) is 0 Å². The second kappa shape index (κ2) is 5.35. The van der Waals surface area contributed by atoms with Gasteiger partial charge in [-0.3, -0.25) is 9.59 Å². The molecule has 0 heterocycles. The van der Waals surface area contributed by atoms with E-state index in [1.807, 2.05) is 27.7 Å². The highest BCUT2D eigenvalue weighted by Gasteiger charge is 2.61. The number of nitrogens with zero attached hydrogens (tertiary/aromatic N) is 1. The molecule has 1 saturated carbocycles. The minimum Gasteiger partial charge on any atom is -0.368 e. The van der Waals surface area contributed by atoms with E-state index in [2.05, 4.69) is 19.9 Å². The van der Waals surface area contributed by atoms with Crippen LogP contribution in [-0.4, -0.2) is 29.3 Å². The zero-order valence-electron chi connectivity index (χ0n) is 12.9. The fourth-order valence-electron chi connectivity index (χ4n) is 2.68. The van der Waals surface area contributed by atoms with Crippen LogP contribution in [0.4, 0.5) is 0 Å². The number of nitrogens with two attached hydrogens (primary N) is 1. The Morgan fingerprint density at radius 2 is 1.84 bits per heavy atom. The maximum absolute atomic E-state index is 12.6.